The highest BCUT2D eigenvalue weighted by atomic mass is 16.6. The van der Waals surface area contributed by atoms with E-state index in [-0.39, 0.29) is 11.3 Å². The lowest BCUT2D eigenvalue weighted by Gasteiger charge is -2.09. The summed E-state index contributed by atoms with van der Waals surface area (Å²) in [6, 6.07) is 18.7. The van der Waals surface area contributed by atoms with Crippen LogP contribution >= 0.6 is 0 Å². The molecule has 0 saturated carbocycles. The van der Waals surface area contributed by atoms with Crippen molar-refractivity contribution in [1.82, 2.24) is 10.7 Å². The first-order chi connectivity index (χ1) is 15.8. The number of nitrogens with one attached hydrogen (secondary N) is 2. The van der Waals surface area contributed by atoms with E-state index >= 15 is 0 Å². The monoisotopic (exact) mass is 446 g/mol. The molecule has 3 aromatic carbocycles. The van der Waals surface area contributed by atoms with Crippen LogP contribution in [0.1, 0.15) is 21.5 Å². The van der Waals surface area contributed by atoms with Crippen molar-refractivity contribution < 1.29 is 24.7 Å². The number of carbonyl (C=O) groups is 2. The van der Waals surface area contributed by atoms with Crippen LogP contribution in [-0.4, -0.2) is 33.2 Å². The third kappa shape index (κ3) is 6.01. The average molecular weight is 446 g/mol. The molecule has 0 saturated heterocycles. The zero-order valence-electron chi connectivity index (χ0n) is 17.0. The van der Waals surface area contributed by atoms with Crippen LogP contribution in [0.15, 0.2) is 83.6 Å². The van der Waals surface area contributed by atoms with Crippen LogP contribution < -0.4 is 10.7 Å². The second kappa shape index (κ2) is 10.4. The number of aromatic hydroxyl groups is 2. The SMILES string of the molecule is O=C(N/N=C/c1cc(O)c(O)cc1[N+](=O)[O-])/C(=C\c1ccccc1)NC(=O)c1ccccc1. The lowest BCUT2D eigenvalue weighted by Crippen LogP contribution is -2.32. The summed E-state index contributed by atoms with van der Waals surface area (Å²) in [4.78, 5) is 35.6. The first-order valence-corrected chi connectivity index (χ1v) is 9.52. The Balaban J connectivity index is 1.84. The molecule has 0 aromatic heterocycles. The number of hydrogen-bond donors (Lipinski definition) is 4. The Morgan fingerprint density at radius 3 is 2.18 bits per heavy atom. The van der Waals surface area contributed by atoms with E-state index in [0.29, 0.717) is 11.1 Å². The maximum absolute atomic E-state index is 12.7. The smallest absolute Gasteiger partial charge is 0.287 e. The lowest BCUT2D eigenvalue weighted by molar-refractivity contribution is -0.385. The number of amides is 2. The van der Waals surface area contributed by atoms with E-state index < -0.39 is 33.9 Å². The molecular formula is C23H18N4O6. The lowest BCUT2D eigenvalue weighted by atomic mass is 10.1. The summed E-state index contributed by atoms with van der Waals surface area (Å²) in [6.45, 7) is 0. The molecule has 0 unspecified atom stereocenters. The van der Waals surface area contributed by atoms with Crippen molar-refractivity contribution in [2.45, 2.75) is 0 Å². The molecule has 3 aromatic rings. The van der Waals surface area contributed by atoms with Crippen molar-refractivity contribution in [2.75, 3.05) is 0 Å². The van der Waals surface area contributed by atoms with Crippen LogP contribution in [0, 0.1) is 10.1 Å². The molecule has 33 heavy (non-hydrogen) atoms. The van der Waals surface area contributed by atoms with Gasteiger partial charge in [0.2, 0.25) is 0 Å². The molecule has 0 radical (unpaired) electrons. The fourth-order valence-electron chi connectivity index (χ4n) is 2.72. The number of hydrazone groups is 1. The molecule has 10 nitrogen and oxygen atoms in total. The number of phenolic OH excluding ortho intramolecular Hbond substituents is 2. The summed E-state index contributed by atoms with van der Waals surface area (Å²) >= 11 is 0. The van der Waals surface area contributed by atoms with Gasteiger partial charge in [0, 0.05) is 5.56 Å². The summed E-state index contributed by atoms with van der Waals surface area (Å²) in [5.41, 5.74) is 2.37. The highest BCUT2D eigenvalue weighted by Crippen LogP contribution is 2.31. The molecule has 0 bridgehead atoms. The minimum Gasteiger partial charge on any atom is -0.504 e. The summed E-state index contributed by atoms with van der Waals surface area (Å²) in [5.74, 6) is -2.56. The molecule has 0 atom stereocenters. The molecule has 3 rings (SSSR count). The van der Waals surface area contributed by atoms with Gasteiger partial charge in [0.25, 0.3) is 17.5 Å². The molecule has 0 fully saturated rings. The largest absolute Gasteiger partial charge is 0.504 e. The van der Waals surface area contributed by atoms with Crippen molar-refractivity contribution in [3.63, 3.8) is 0 Å². The van der Waals surface area contributed by atoms with Crippen molar-refractivity contribution >= 4 is 29.8 Å². The average Bonchev–Trinajstić information content (AvgIpc) is 2.81. The van der Waals surface area contributed by atoms with Gasteiger partial charge in [0.05, 0.1) is 22.8 Å². The second-order valence-electron chi connectivity index (χ2n) is 6.64. The molecule has 0 aliphatic carbocycles. The van der Waals surface area contributed by atoms with E-state index in [1.165, 1.54) is 6.08 Å². The number of nitrogens with zero attached hydrogens (tertiary/aromatic N) is 2. The number of carbonyl (C=O) groups excluding carboxylic acids is 2. The normalized spacial score (nSPS) is 11.2. The van der Waals surface area contributed by atoms with Gasteiger partial charge in [0.15, 0.2) is 11.5 Å². The summed E-state index contributed by atoms with van der Waals surface area (Å²) < 4.78 is 0. The Labute approximate surface area is 187 Å². The minimum atomic E-state index is -0.787. The van der Waals surface area contributed by atoms with E-state index in [1.54, 1.807) is 60.7 Å². The topological polar surface area (TPSA) is 154 Å². The van der Waals surface area contributed by atoms with Crippen molar-refractivity contribution in [1.29, 1.82) is 0 Å². The number of nitro groups is 1. The van der Waals surface area contributed by atoms with Crippen LogP contribution in [0.25, 0.3) is 6.08 Å². The third-order valence-corrected chi connectivity index (χ3v) is 4.33. The van der Waals surface area contributed by atoms with Gasteiger partial charge in [-0.25, -0.2) is 5.43 Å². The number of benzene rings is 3. The number of hydrogen-bond acceptors (Lipinski definition) is 7. The summed E-state index contributed by atoms with van der Waals surface area (Å²) in [7, 11) is 0. The van der Waals surface area contributed by atoms with Gasteiger partial charge < -0.3 is 15.5 Å². The van der Waals surface area contributed by atoms with Crippen LogP contribution in [0.5, 0.6) is 11.5 Å². The predicted molar refractivity (Wildman–Crippen MR) is 120 cm³/mol. The van der Waals surface area contributed by atoms with Crippen LogP contribution in [-0.2, 0) is 4.79 Å². The maximum Gasteiger partial charge on any atom is 0.287 e. The standard InChI is InChI=1S/C23H18N4O6/c28-20-12-17(19(27(32)33)13-21(20)29)14-24-26-23(31)18(11-15-7-3-1-4-8-15)25-22(30)16-9-5-2-6-10-16/h1-14,28-29H,(H,25,30)(H,26,31)/b18-11+,24-14+. The molecular weight excluding hydrogens is 428 g/mol. The molecule has 0 aliphatic rings. The third-order valence-electron chi connectivity index (χ3n) is 4.33. The fourth-order valence-corrected chi connectivity index (χ4v) is 2.72. The first kappa shape index (κ1) is 22.7. The Hall–Kier alpha value is -4.99. The van der Waals surface area contributed by atoms with E-state index in [0.717, 1.165) is 18.3 Å². The van der Waals surface area contributed by atoms with Gasteiger partial charge in [-0.3, -0.25) is 19.7 Å². The quantitative estimate of drug-likeness (QED) is 0.144. The van der Waals surface area contributed by atoms with Gasteiger partial charge in [0.1, 0.15) is 5.70 Å². The van der Waals surface area contributed by atoms with E-state index in [9.17, 15) is 29.9 Å². The van der Waals surface area contributed by atoms with Crippen LogP contribution in [0.2, 0.25) is 0 Å². The molecule has 0 spiro atoms. The maximum atomic E-state index is 12.7. The Morgan fingerprint density at radius 2 is 1.55 bits per heavy atom. The Morgan fingerprint density at radius 1 is 0.939 bits per heavy atom. The highest BCUT2D eigenvalue weighted by Gasteiger charge is 2.17. The van der Waals surface area contributed by atoms with Gasteiger partial charge in [-0.1, -0.05) is 48.5 Å². The van der Waals surface area contributed by atoms with E-state index in [2.05, 4.69) is 15.8 Å². The summed E-state index contributed by atoms with van der Waals surface area (Å²) in [6.07, 6.45) is 2.38. The second-order valence-corrected chi connectivity index (χ2v) is 6.64. The zero-order valence-corrected chi connectivity index (χ0v) is 17.0. The molecule has 0 heterocycles. The van der Waals surface area contributed by atoms with E-state index in [4.69, 9.17) is 0 Å². The van der Waals surface area contributed by atoms with Gasteiger partial charge in [-0.2, -0.15) is 5.10 Å². The molecule has 2 amide bonds. The fraction of sp³-hybridized carbons (Fsp3) is 0. The Kier molecular flexibility index (Phi) is 7.12. The van der Waals surface area contributed by atoms with Crippen molar-refractivity contribution in [3.05, 3.63) is 105 Å². The molecule has 4 N–H and O–H groups in total. The van der Waals surface area contributed by atoms with Crippen molar-refractivity contribution in [2.24, 2.45) is 5.10 Å². The molecule has 0 aliphatic heterocycles. The zero-order chi connectivity index (χ0) is 23.8. The summed E-state index contributed by atoms with van der Waals surface area (Å²) in [5, 5.41) is 36.4. The van der Waals surface area contributed by atoms with Crippen LogP contribution in [0.4, 0.5) is 5.69 Å². The predicted octanol–water partition coefficient (Wildman–Crippen LogP) is 2.93. The van der Waals surface area contributed by atoms with Crippen molar-refractivity contribution in [3.8, 4) is 11.5 Å². The molecule has 166 valence electrons. The highest BCUT2D eigenvalue weighted by molar-refractivity contribution is 6.05. The van der Waals surface area contributed by atoms with Gasteiger partial charge in [-0.15, -0.1) is 0 Å². The Bertz CT molecular complexity index is 1240. The minimum absolute atomic E-state index is 0.116. The van der Waals surface area contributed by atoms with Crippen LogP contribution in [0.3, 0.4) is 0 Å². The first-order valence-electron chi connectivity index (χ1n) is 9.52. The number of phenols is 2. The number of rotatable bonds is 7. The number of nitro benzene ring substituents is 1. The van der Waals surface area contributed by atoms with Gasteiger partial charge in [-0.05, 0) is 29.8 Å². The molecule has 10 heteroatoms. The van der Waals surface area contributed by atoms with E-state index in [1.807, 2.05) is 0 Å². The van der Waals surface area contributed by atoms with Gasteiger partial charge >= 0.3 is 0 Å².